The summed E-state index contributed by atoms with van der Waals surface area (Å²) in [5, 5.41) is 0. The lowest BCUT2D eigenvalue weighted by molar-refractivity contribution is 0.0996. The molecular weight excluding hydrogens is 284 g/mol. The standard InChI is InChI=1S/C10H10BrClOS/c1-14-8-4-2-7(3-5-8)10(13)9(11)6-12/h2-5,9H,6H2,1H3. The highest BCUT2D eigenvalue weighted by Gasteiger charge is 2.15. The Balaban J connectivity index is 2.81. The van der Waals surface area contributed by atoms with Crippen LogP contribution >= 0.6 is 39.3 Å². The average Bonchev–Trinajstić information content (AvgIpc) is 2.27. The van der Waals surface area contributed by atoms with E-state index in [9.17, 15) is 4.79 Å². The van der Waals surface area contributed by atoms with Gasteiger partial charge in [-0.3, -0.25) is 4.79 Å². The third-order valence-electron chi connectivity index (χ3n) is 1.79. The quantitative estimate of drug-likeness (QED) is 0.479. The van der Waals surface area contributed by atoms with Gasteiger partial charge in [-0.25, -0.2) is 0 Å². The molecule has 1 nitrogen and oxygen atoms in total. The maximum absolute atomic E-state index is 11.6. The van der Waals surface area contributed by atoms with Gasteiger partial charge in [-0.05, 0) is 18.4 Å². The van der Waals surface area contributed by atoms with Crippen LogP contribution in [-0.2, 0) is 0 Å². The molecule has 1 aromatic rings. The minimum Gasteiger partial charge on any atom is -0.293 e. The molecule has 14 heavy (non-hydrogen) atoms. The van der Waals surface area contributed by atoms with Crippen LogP contribution in [0.1, 0.15) is 10.4 Å². The Hall–Kier alpha value is 0.01000. The van der Waals surface area contributed by atoms with Gasteiger partial charge in [0.1, 0.15) is 0 Å². The van der Waals surface area contributed by atoms with E-state index < -0.39 is 0 Å². The van der Waals surface area contributed by atoms with Gasteiger partial charge in [0.2, 0.25) is 0 Å². The van der Waals surface area contributed by atoms with Crippen molar-refractivity contribution in [3.63, 3.8) is 0 Å². The van der Waals surface area contributed by atoms with E-state index in [1.165, 1.54) is 0 Å². The van der Waals surface area contributed by atoms with Crippen molar-refractivity contribution < 1.29 is 4.79 Å². The number of carbonyl (C=O) groups is 1. The molecule has 0 spiro atoms. The van der Waals surface area contributed by atoms with E-state index in [4.69, 9.17) is 11.6 Å². The van der Waals surface area contributed by atoms with Crippen molar-refractivity contribution >= 4 is 45.1 Å². The van der Waals surface area contributed by atoms with Gasteiger partial charge >= 0.3 is 0 Å². The first kappa shape index (κ1) is 12.1. The highest BCUT2D eigenvalue weighted by molar-refractivity contribution is 9.10. The number of Topliss-reactive ketones (excluding diaryl/α,β-unsaturated/α-hetero) is 1. The van der Waals surface area contributed by atoms with Crippen LogP contribution < -0.4 is 0 Å². The molecule has 0 amide bonds. The summed E-state index contributed by atoms with van der Waals surface area (Å²) >= 11 is 10.5. The van der Waals surface area contributed by atoms with Gasteiger partial charge in [0.15, 0.2) is 5.78 Å². The fraction of sp³-hybridized carbons (Fsp3) is 0.300. The highest BCUT2D eigenvalue weighted by atomic mass is 79.9. The van der Waals surface area contributed by atoms with E-state index in [2.05, 4.69) is 15.9 Å². The largest absolute Gasteiger partial charge is 0.293 e. The second-order valence-electron chi connectivity index (χ2n) is 2.71. The predicted molar refractivity (Wildman–Crippen MR) is 66.0 cm³/mol. The van der Waals surface area contributed by atoms with Crippen LogP contribution in [0, 0.1) is 0 Å². The molecular formula is C10H10BrClOS. The first-order chi connectivity index (χ1) is 6.69. The number of thioether (sulfide) groups is 1. The number of alkyl halides is 2. The van der Waals surface area contributed by atoms with Crippen molar-refractivity contribution in [1.82, 2.24) is 0 Å². The lowest BCUT2D eigenvalue weighted by Gasteiger charge is -2.05. The molecule has 76 valence electrons. The van der Waals surface area contributed by atoms with Gasteiger partial charge < -0.3 is 0 Å². The Kier molecular flexibility index (Phi) is 4.99. The molecule has 1 atom stereocenters. The molecule has 0 heterocycles. The summed E-state index contributed by atoms with van der Waals surface area (Å²) < 4.78 is 0. The first-order valence-corrected chi connectivity index (χ1v) is 6.75. The summed E-state index contributed by atoms with van der Waals surface area (Å²) in [5.41, 5.74) is 0.699. The first-order valence-electron chi connectivity index (χ1n) is 4.07. The van der Waals surface area contributed by atoms with E-state index in [-0.39, 0.29) is 10.6 Å². The monoisotopic (exact) mass is 292 g/mol. The summed E-state index contributed by atoms with van der Waals surface area (Å²) in [5.74, 6) is 0.330. The lowest BCUT2D eigenvalue weighted by Crippen LogP contribution is -2.15. The Morgan fingerprint density at radius 1 is 1.50 bits per heavy atom. The highest BCUT2D eigenvalue weighted by Crippen LogP contribution is 2.17. The van der Waals surface area contributed by atoms with Crippen LogP contribution in [0.15, 0.2) is 29.2 Å². The molecule has 0 fully saturated rings. The molecule has 0 radical (unpaired) electrons. The molecule has 1 rings (SSSR count). The number of benzene rings is 1. The SMILES string of the molecule is CSc1ccc(C(=O)C(Br)CCl)cc1. The van der Waals surface area contributed by atoms with Crippen LogP contribution in [0.5, 0.6) is 0 Å². The summed E-state index contributed by atoms with van der Waals surface area (Å²) in [7, 11) is 0. The van der Waals surface area contributed by atoms with Crippen LogP contribution in [0.3, 0.4) is 0 Å². The summed E-state index contributed by atoms with van der Waals surface area (Å²) in [6, 6.07) is 7.53. The molecule has 0 aliphatic carbocycles. The minimum absolute atomic E-state index is 0.0349. The Bertz CT molecular complexity index is 312. The van der Waals surface area contributed by atoms with Crippen molar-refractivity contribution in [3.8, 4) is 0 Å². The van der Waals surface area contributed by atoms with E-state index in [0.29, 0.717) is 11.4 Å². The Labute approximate surface area is 101 Å². The number of ketones is 1. The van der Waals surface area contributed by atoms with E-state index in [0.717, 1.165) is 4.90 Å². The second kappa shape index (κ2) is 5.79. The third kappa shape index (κ3) is 3.01. The number of hydrogen-bond acceptors (Lipinski definition) is 2. The van der Waals surface area contributed by atoms with Crippen LogP contribution in [0.2, 0.25) is 0 Å². The van der Waals surface area contributed by atoms with Crippen LogP contribution in [-0.4, -0.2) is 22.7 Å². The minimum atomic E-state index is -0.288. The average molecular weight is 294 g/mol. The van der Waals surface area contributed by atoms with Crippen molar-refractivity contribution in [3.05, 3.63) is 29.8 Å². The normalized spacial score (nSPS) is 12.5. The summed E-state index contributed by atoms with van der Waals surface area (Å²) in [4.78, 5) is 12.5. The third-order valence-corrected chi connectivity index (χ3v) is 3.96. The lowest BCUT2D eigenvalue weighted by atomic mass is 10.1. The molecule has 0 aliphatic rings. The summed E-state index contributed by atoms with van der Waals surface area (Å²) in [6.45, 7) is 0. The number of hydrogen-bond donors (Lipinski definition) is 0. The molecule has 0 aliphatic heterocycles. The van der Waals surface area contributed by atoms with Crippen molar-refractivity contribution in [2.45, 2.75) is 9.72 Å². The zero-order valence-electron chi connectivity index (χ0n) is 7.67. The molecule has 0 saturated heterocycles. The van der Waals surface area contributed by atoms with Gasteiger partial charge in [-0.15, -0.1) is 23.4 Å². The van der Waals surface area contributed by atoms with Crippen molar-refractivity contribution in [1.29, 1.82) is 0 Å². The fourth-order valence-electron chi connectivity index (χ4n) is 1.01. The molecule has 1 unspecified atom stereocenters. The van der Waals surface area contributed by atoms with Gasteiger partial charge in [-0.2, -0.15) is 0 Å². The number of rotatable bonds is 4. The zero-order valence-corrected chi connectivity index (χ0v) is 10.8. The molecule has 0 saturated carbocycles. The summed E-state index contributed by atoms with van der Waals surface area (Å²) in [6.07, 6.45) is 2.00. The van der Waals surface area contributed by atoms with E-state index >= 15 is 0 Å². The Morgan fingerprint density at radius 3 is 2.50 bits per heavy atom. The smallest absolute Gasteiger partial charge is 0.177 e. The van der Waals surface area contributed by atoms with Crippen LogP contribution in [0.25, 0.3) is 0 Å². The van der Waals surface area contributed by atoms with Crippen molar-refractivity contribution in [2.24, 2.45) is 0 Å². The molecule has 0 aromatic heterocycles. The second-order valence-corrected chi connectivity index (χ2v) is 5.01. The molecule has 1 aromatic carbocycles. The van der Waals surface area contributed by atoms with Gasteiger partial charge in [0.05, 0.1) is 4.83 Å². The maximum atomic E-state index is 11.6. The topological polar surface area (TPSA) is 17.1 Å². The predicted octanol–water partition coefficient (Wildman–Crippen LogP) is 3.59. The number of carbonyl (C=O) groups excluding carboxylic acids is 1. The zero-order chi connectivity index (χ0) is 10.6. The molecule has 4 heteroatoms. The van der Waals surface area contributed by atoms with E-state index in [1.807, 2.05) is 30.5 Å². The van der Waals surface area contributed by atoms with Gasteiger partial charge in [0, 0.05) is 16.3 Å². The van der Waals surface area contributed by atoms with Gasteiger partial charge in [0.25, 0.3) is 0 Å². The molecule has 0 N–H and O–H groups in total. The van der Waals surface area contributed by atoms with Crippen LogP contribution in [0.4, 0.5) is 0 Å². The maximum Gasteiger partial charge on any atom is 0.177 e. The van der Waals surface area contributed by atoms with Gasteiger partial charge in [-0.1, -0.05) is 28.1 Å². The fourth-order valence-corrected chi connectivity index (χ4v) is 1.82. The number of halogens is 2. The molecule has 0 bridgehead atoms. The van der Waals surface area contributed by atoms with E-state index in [1.54, 1.807) is 11.8 Å². The van der Waals surface area contributed by atoms with Crippen molar-refractivity contribution in [2.75, 3.05) is 12.1 Å². The Morgan fingerprint density at radius 2 is 2.07 bits per heavy atom.